The molecular formula is C8H2F6O. The van der Waals surface area contributed by atoms with Gasteiger partial charge in [-0.15, -0.1) is 6.42 Å². The Morgan fingerprint density at radius 3 is 1.87 bits per heavy atom. The van der Waals surface area contributed by atoms with Gasteiger partial charge in [-0.25, -0.2) is 0 Å². The number of rotatable bonds is 0. The number of hydrogen-bond acceptors (Lipinski definition) is 1. The van der Waals surface area contributed by atoms with Gasteiger partial charge in [0.2, 0.25) is 11.5 Å². The molecule has 0 aliphatic rings. The van der Waals surface area contributed by atoms with Gasteiger partial charge >= 0.3 is 12.4 Å². The Labute approximate surface area is 79.7 Å². The number of furan rings is 1. The third-order valence-electron chi connectivity index (χ3n) is 1.42. The molecule has 0 aromatic carbocycles. The summed E-state index contributed by atoms with van der Waals surface area (Å²) in [5.74, 6) is -2.09. The highest BCUT2D eigenvalue weighted by atomic mass is 19.4. The molecule has 1 aromatic rings. The molecule has 82 valence electrons. The summed E-state index contributed by atoms with van der Waals surface area (Å²) in [6.07, 6.45) is -5.40. The topological polar surface area (TPSA) is 13.1 Å². The van der Waals surface area contributed by atoms with Gasteiger partial charge in [-0.2, -0.15) is 26.3 Å². The molecule has 0 aliphatic heterocycles. The molecule has 0 saturated carbocycles. The van der Waals surface area contributed by atoms with E-state index >= 15 is 0 Å². The van der Waals surface area contributed by atoms with Gasteiger partial charge in [-0.3, -0.25) is 0 Å². The third-order valence-corrected chi connectivity index (χ3v) is 1.42. The Hall–Kier alpha value is -1.58. The minimum absolute atomic E-state index is 0.142. The van der Waals surface area contributed by atoms with Crippen molar-refractivity contribution < 1.29 is 30.8 Å². The second-order valence-corrected chi connectivity index (χ2v) is 2.49. The zero-order chi connectivity index (χ0) is 11.9. The number of alkyl halides is 6. The van der Waals surface area contributed by atoms with E-state index < -0.39 is 29.4 Å². The summed E-state index contributed by atoms with van der Waals surface area (Å²) in [5, 5.41) is 0. The van der Waals surface area contributed by atoms with Crippen LogP contribution in [0.5, 0.6) is 0 Å². The number of halogens is 6. The van der Waals surface area contributed by atoms with E-state index in [0.717, 1.165) is 0 Å². The molecule has 0 atom stereocenters. The van der Waals surface area contributed by atoms with Gasteiger partial charge in [0, 0.05) is 6.07 Å². The summed E-state index contributed by atoms with van der Waals surface area (Å²) in [7, 11) is 0. The Morgan fingerprint density at radius 2 is 1.60 bits per heavy atom. The normalized spacial score (nSPS) is 12.6. The molecule has 0 spiro atoms. The first-order chi connectivity index (χ1) is 6.66. The second-order valence-electron chi connectivity index (χ2n) is 2.49. The van der Waals surface area contributed by atoms with Gasteiger partial charge in [0.25, 0.3) is 0 Å². The van der Waals surface area contributed by atoms with Gasteiger partial charge in [0.1, 0.15) is 0 Å². The average Bonchev–Trinajstić information content (AvgIpc) is 2.44. The lowest BCUT2D eigenvalue weighted by Crippen LogP contribution is -2.06. The van der Waals surface area contributed by atoms with E-state index in [9.17, 15) is 26.3 Å². The lowest BCUT2D eigenvalue weighted by atomic mass is 10.2. The van der Waals surface area contributed by atoms with Gasteiger partial charge in [-0.05, 0) is 0 Å². The highest BCUT2D eigenvalue weighted by molar-refractivity contribution is 5.38. The highest BCUT2D eigenvalue weighted by Gasteiger charge is 2.43. The van der Waals surface area contributed by atoms with Crippen LogP contribution in [0.2, 0.25) is 0 Å². The summed E-state index contributed by atoms with van der Waals surface area (Å²) < 4.78 is 75.8. The Bertz CT molecular complexity index is 402. The van der Waals surface area contributed by atoms with Crippen molar-refractivity contribution in [2.45, 2.75) is 12.4 Å². The van der Waals surface area contributed by atoms with E-state index in [1.165, 1.54) is 5.92 Å². The Balaban J connectivity index is 3.32. The number of terminal acetylenes is 1. The van der Waals surface area contributed by atoms with Crippen LogP contribution in [0.4, 0.5) is 26.3 Å². The van der Waals surface area contributed by atoms with Crippen LogP contribution >= 0.6 is 0 Å². The minimum Gasteiger partial charge on any atom is -0.446 e. The highest BCUT2D eigenvalue weighted by Crippen LogP contribution is 2.38. The van der Waals surface area contributed by atoms with Crippen LogP contribution in [-0.4, -0.2) is 0 Å². The van der Waals surface area contributed by atoms with Crippen LogP contribution in [0.3, 0.4) is 0 Å². The first-order valence-corrected chi connectivity index (χ1v) is 3.41. The summed E-state index contributed by atoms with van der Waals surface area (Å²) in [4.78, 5) is 0. The van der Waals surface area contributed by atoms with Crippen LogP contribution in [-0.2, 0) is 12.4 Å². The van der Waals surface area contributed by atoms with Crippen LogP contribution in [0.1, 0.15) is 17.1 Å². The second kappa shape index (κ2) is 3.22. The standard InChI is InChI=1S/C8H2F6O/c1-2-4-3-5(7(9,10)11)15-6(4)8(12,13)14/h1,3H. The van der Waals surface area contributed by atoms with Crippen molar-refractivity contribution in [3.8, 4) is 12.3 Å². The van der Waals surface area contributed by atoms with Crippen molar-refractivity contribution >= 4 is 0 Å². The quantitative estimate of drug-likeness (QED) is 0.490. The monoisotopic (exact) mass is 228 g/mol. The smallest absolute Gasteiger partial charge is 0.446 e. The van der Waals surface area contributed by atoms with Crippen LogP contribution in [0, 0.1) is 12.3 Å². The molecule has 0 radical (unpaired) electrons. The van der Waals surface area contributed by atoms with Crippen molar-refractivity contribution in [3.63, 3.8) is 0 Å². The maximum absolute atomic E-state index is 12.1. The van der Waals surface area contributed by atoms with Gasteiger partial charge in [0.05, 0.1) is 5.56 Å². The fourth-order valence-electron chi connectivity index (χ4n) is 0.849. The molecule has 1 aromatic heterocycles. The van der Waals surface area contributed by atoms with Crippen molar-refractivity contribution in [2.24, 2.45) is 0 Å². The fraction of sp³-hybridized carbons (Fsp3) is 0.250. The van der Waals surface area contributed by atoms with Gasteiger partial charge in [0.15, 0.2) is 0 Å². The minimum atomic E-state index is -5.04. The third kappa shape index (κ3) is 2.26. The SMILES string of the molecule is C#Cc1cc(C(F)(F)F)oc1C(F)(F)F. The molecule has 0 bridgehead atoms. The van der Waals surface area contributed by atoms with E-state index in [1.54, 1.807) is 0 Å². The molecule has 0 aliphatic carbocycles. The molecule has 0 fully saturated rings. The maximum atomic E-state index is 12.1. The van der Waals surface area contributed by atoms with Gasteiger partial charge < -0.3 is 4.42 Å². The van der Waals surface area contributed by atoms with E-state index in [1.807, 2.05) is 0 Å². The largest absolute Gasteiger partial charge is 0.450 e. The van der Waals surface area contributed by atoms with Gasteiger partial charge in [-0.1, -0.05) is 5.92 Å². The van der Waals surface area contributed by atoms with Crippen molar-refractivity contribution in [2.75, 3.05) is 0 Å². The molecule has 15 heavy (non-hydrogen) atoms. The summed E-state index contributed by atoms with van der Waals surface area (Å²) in [6.45, 7) is 0. The molecule has 1 rings (SSSR count). The fourth-order valence-corrected chi connectivity index (χ4v) is 0.849. The summed E-state index contributed by atoms with van der Waals surface area (Å²) >= 11 is 0. The van der Waals surface area contributed by atoms with Crippen molar-refractivity contribution in [1.82, 2.24) is 0 Å². The molecule has 0 unspecified atom stereocenters. The Morgan fingerprint density at radius 1 is 1.07 bits per heavy atom. The predicted octanol–water partition coefficient (Wildman–Crippen LogP) is 3.30. The molecule has 7 heteroatoms. The molecule has 0 saturated heterocycles. The molecular weight excluding hydrogens is 226 g/mol. The van der Waals surface area contributed by atoms with Crippen LogP contribution < -0.4 is 0 Å². The first-order valence-electron chi connectivity index (χ1n) is 3.41. The molecule has 1 heterocycles. The van der Waals surface area contributed by atoms with E-state index in [4.69, 9.17) is 0 Å². The lowest BCUT2D eigenvalue weighted by molar-refractivity contribution is -0.171. The zero-order valence-corrected chi connectivity index (χ0v) is 6.83. The Kier molecular flexibility index (Phi) is 2.47. The zero-order valence-electron chi connectivity index (χ0n) is 6.83. The lowest BCUT2D eigenvalue weighted by Gasteiger charge is -2.03. The van der Waals surface area contributed by atoms with E-state index in [-0.39, 0.29) is 6.07 Å². The van der Waals surface area contributed by atoms with Crippen LogP contribution in [0.25, 0.3) is 0 Å². The predicted molar refractivity (Wildman–Crippen MR) is 36.6 cm³/mol. The first kappa shape index (κ1) is 11.5. The van der Waals surface area contributed by atoms with E-state index in [0.29, 0.717) is 0 Å². The van der Waals surface area contributed by atoms with Crippen LogP contribution in [0.15, 0.2) is 10.5 Å². The number of hydrogen-bond donors (Lipinski definition) is 0. The van der Waals surface area contributed by atoms with Crippen molar-refractivity contribution in [3.05, 3.63) is 23.2 Å². The average molecular weight is 228 g/mol. The molecule has 0 N–H and O–H groups in total. The molecule has 0 amide bonds. The van der Waals surface area contributed by atoms with Crippen molar-refractivity contribution in [1.29, 1.82) is 0 Å². The molecule has 1 nitrogen and oxygen atoms in total. The van der Waals surface area contributed by atoms with E-state index in [2.05, 4.69) is 10.8 Å². The maximum Gasteiger partial charge on any atom is 0.450 e. The summed E-state index contributed by atoms with van der Waals surface area (Å²) in [5.41, 5.74) is -0.963. The summed E-state index contributed by atoms with van der Waals surface area (Å²) in [6, 6.07) is 0.142.